The third-order valence-corrected chi connectivity index (χ3v) is 4.84. The molecule has 0 saturated carbocycles. The Hall–Kier alpha value is -2.22. The van der Waals surface area contributed by atoms with Crippen molar-refractivity contribution >= 4 is 27.9 Å². The van der Waals surface area contributed by atoms with E-state index in [9.17, 15) is 19.7 Å². The summed E-state index contributed by atoms with van der Waals surface area (Å²) in [5.74, 6) is -2.69. The second-order valence-corrected chi connectivity index (χ2v) is 7.43. The van der Waals surface area contributed by atoms with Crippen molar-refractivity contribution in [2.24, 2.45) is 5.41 Å². The number of rotatable bonds is 10. The van der Waals surface area contributed by atoms with Crippen LogP contribution in [0.1, 0.15) is 45.6 Å². The summed E-state index contributed by atoms with van der Waals surface area (Å²) in [4.78, 5) is 37.1. The molecule has 154 valence electrons. The highest BCUT2D eigenvalue weighted by Gasteiger charge is 2.56. The zero-order valence-corrected chi connectivity index (χ0v) is 18.2. The lowest BCUT2D eigenvalue weighted by Crippen LogP contribution is -2.48. The molecule has 0 heterocycles. The first kappa shape index (κ1) is 23.8. The van der Waals surface area contributed by atoms with Gasteiger partial charge in [0.05, 0.1) is 19.1 Å². The van der Waals surface area contributed by atoms with E-state index in [2.05, 4.69) is 15.9 Å². The summed E-state index contributed by atoms with van der Waals surface area (Å²) in [7, 11) is 0. The summed E-state index contributed by atoms with van der Waals surface area (Å²) in [6, 6.07) is 6.75. The Morgan fingerprint density at radius 2 is 1.64 bits per heavy atom. The van der Waals surface area contributed by atoms with Crippen LogP contribution < -0.4 is 0 Å². The van der Waals surface area contributed by atoms with Gasteiger partial charge in [-0.3, -0.25) is 19.7 Å². The van der Waals surface area contributed by atoms with E-state index in [1.807, 2.05) is 13.8 Å². The van der Waals surface area contributed by atoms with Gasteiger partial charge in [0.15, 0.2) is 5.41 Å². The van der Waals surface area contributed by atoms with Crippen molar-refractivity contribution in [3.63, 3.8) is 0 Å². The van der Waals surface area contributed by atoms with Gasteiger partial charge in [-0.25, -0.2) is 0 Å². The van der Waals surface area contributed by atoms with Gasteiger partial charge < -0.3 is 9.47 Å². The van der Waals surface area contributed by atoms with E-state index in [4.69, 9.17) is 9.47 Å². The minimum atomic E-state index is -1.86. The van der Waals surface area contributed by atoms with Crippen molar-refractivity contribution in [1.29, 1.82) is 0 Å². The minimum absolute atomic E-state index is 0.0420. The highest BCUT2D eigenvalue weighted by atomic mass is 79.9. The molecule has 0 spiro atoms. The molecule has 0 aromatic heterocycles. The molecule has 1 unspecified atom stereocenters. The zero-order chi connectivity index (χ0) is 21.3. The van der Waals surface area contributed by atoms with Crippen LogP contribution in [0.4, 0.5) is 0 Å². The molecule has 28 heavy (non-hydrogen) atoms. The van der Waals surface area contributed by atoms with Gasteiger partial charge >= 0.3 is 11.9 Å². The van der Waals surface area contributed by atoms with Gasteiger partial charge in [0.25, 0.3) is 0 Å². The molecule has 1 rings (SSSR count). The number of nitrogens with zero attached hydrogens (tertiary/aromatic N) is 1. The summed E-state index contributed by atoms with van der Waals surface area (Å²) in [6.45, 7) is 6.36. The second kappa shape index (κ2) is 10.9. The molecular formula is C20H26BrNO6. The molecule has 1 atom stereocenters. The van der Waals surface area contributed by atoms with Gasteiger partial charge in [-0.05, 0) is 51.8 Å². The number of carbonyl (C=O) groups excluding carboxylic acids is 2. The lowest BCUT2D eigenvalue weighted by Gasteiger charge is -2.34. The van der Waals surface area contributed by atoms with Gasteiger partial charge in [0.2, 0.25) is 6.54 Å². The number of halogens is 1. The zero-order valence-electron chi connectivity index (χ0n) is 16.6. The largest absolute Gasteiger partial charge is 0.465 e. The lowest BCUT2D eigenvalue weighted by atomic mass is 9.69. The maximum Gasteiger partial charge on any atom is 0.324 e. The SMILES string of the molecule is CCOC(=O)C(CC=C(C)C)(C(=O)OCC)C(C[N+](=O)[O-])c1ccc(Br)cc1. The van der Waals surface area contributed by atoms with Crippen LogP contribution in [0, 0.1) is 15.5 Å². The predicted molar refractivity (Wildman–Crippen MR) is 108 cm³/mol. The smallest absolute Gasteiger partial charge is 0.324 e. The van der Waals surface area contributed by atoms with Gasteiger partial charge in [-0.2, -0.15) is 0 Å². The van der Waals surface area contributed by atoms with Crippen LogP contribution in [0.25, 0.3) is 0 Å². The van der Waals surface area contributed by atoms with E-state index < -0.39 is 34.7 Å². The number of allylic oxidation sites excluding steroid dienone is 2. The monoisotopic (exact) mass is 455 g/mol. The molecule has 7 nitrogen and oxygen atoms in total. The van der Waals surface area contributed by atoms with E-state index in [0.717, 1.165) is 10.0 Å². The average Bonchev–Trinajstić information content (AvgIpc) is 2.62. The van der Waals surface area contributed by atoms with E-state index in [0.29, 0.717) is 5.56 Å². The Balaban J connectivity index is 3.72. The highest BCUT2D eigenvalue weighted by Crippen LogP contribution is 2.43. The minimum Gasteiger partial charge on any atom is -0.465 e. The molecule has 0 aliphatic carbocycles. The lowest BCUT2D eigenvalue weighted by molar-refractivity contribution is -0.485. The van der Waals surface area contributed by atoms with Crippen molar-refractivity contribution < 1.29 is 24.0 Å². The van der Waals surface area contributed by atoms with Crippen LogP contribution in [0.5, 0.6) is 0 Å². The van der Waals surface area contributed by atoms with Crippen LogP contribution in [0.2, 0.25) is 0 Å². The van der Waals surface area contributed by atoms with Crippen molar-refractivity contribution in [2.45, 2.75) is 40.0 Å². The first-order chi connectivity index (χ1) is 13.2. The number of esters is 2. The van der Waals surface area contributed by atoms with E-state index in [1.165, 1.54) is 0 Å². The van der Waals surface area contributed by atoms with E-state index >= 15 is 0 Å². The molecule has 0 amide bonds. The Morgan fingerprint density at radius 3 is 2.04 bits per heavy atom. The standard InChI is InChI=1S/C20H26BrNO6/c1-5-27-18(23)20(12-11-14(3)4,19(24)28-6-2)17(13-22(25)26)15-7-9-16(21)10-8-15/h7-11,17H,5-6,12-13H2,1-4H3. The Kier molecular flexibility index (Phi) is 9.31. The maximum atomic E-state index is 13.1. The number of benzene rings is 1. The molecule has 8 heteroatoms. The fraction of sp³-hybridized carbons (Fsp3) is 0.500. The summed E-state index contributed by atoms with van der Waals surface area (Å²) >= 11 is 3.33. The predicted octanol–water partition coefficient (Wildman–Crippen LogP) is 4.28. The summed E-state index contributed by atoms with van der Waals surface area (Å²) in [5.41, 5.74) is -0.499. The van der Waals surface area contributed by atoms with Crippen LogP contribution in [-0.2, 0) is 19.1 Å². The molecule has 0 N–H and O–H groups in total. The molecule has 1 aromatic rings. The number of hydrogen-bond acceptors (Lipinski definition) is 6. The van der Waals surface area contributed by atoms with Crippen molar-refractivity contribution in [1.82, 2.24) is 0 Å². The maximum absolute atomic E-state index is 13.1. The molecule has 1 aromatic carbocycles. The van der Waals surface area contributed by atoms with Gasteiger partial charge in [0.1, 0.15) is 0 Å². The van der Waals surface area contributed by atoms with E-state index in [-0.39, 0.29) is 19.6 Å². The van der Waals surface area contributed by atoms with Gasteiger partial charge in [-0.1, -0.05) is 39.7 Å². The Labute approximate surface area is 173 Å². The topological polar surface area (TPSA) is 95.7 Å². The first-order valence-electron chi connectivity index (χ1n) is 9.04. The molecule has 0 radical (unpaired) electrons. The Bertz CT molecular complexity index is 707. The van der Waals surface area contributed by atoms with Crippen LogP contribution in [0.15, 0.2) is 40.4 Å². The Morgan fingerprint density at radius 1 is 1.14 bits per heavy atom. The number of nitro groups is 1. The molecule has 0 fully saturated rings. The fourth-order valence-electron chi connectivity index (χ4n) is 2.95. The van der Waals surface area contributed by atoms with Crippen molar-refractivity contribution in [2.75, 3.05) is 19.8 Å². The summed E-state index contributed by atoms with van der Waals surface area (Å²) < 4.78 is 11.2. The number of ether oxygens (including phenoxy) is 2. The third-order valence-electron chi connectivity index (χ3n) is 4.31. The van der Waals surface area contributed by atoms with Crippen LogP contribution >= 0.6 is 15.9 Å². The fourth-order valence-corrected chi connectivity index (χ4v) is 3.22. The quantitative estimate of drug-likeness (QED) is 0.172. The van der Waals surface area contributed by atoms with E-state index in [1.54, 1.807) is 44.2 Å². The highest BCUT2D eigenvalue weighted by molar-refractivity contribution is 9.10. The normalized spacial score (nSPS) is 12.0. The third kappa shape index (κ3) is 5.89. The van der Waals surface area contributed by atoms with Crippen molar-refractivity contribution in [3.05, 3.63) is 56.1 Å². The first-order valence-corrected chi connectivity index (χ1v) is 9.83. The number of hydrogen-bond donors (Lipinski definition) is 0. The second-order valence-electron chi connectivity index (χ2n) is 6.52. The molecule has 0 bridgehead atoms. The molecule has 0 saturated heterocycles. The van der Waals surface area contributed by atoms with Crippen LogP contribution in [0.3, 0.4) is 0 Å². The van der Waals surface area contributed by atoms with Gasteiger partial charge in [0, 0.05) is 9.40 Å². The molecule has 0 aliphatic rings. The summed E-state index contributed by atoms with van der Waals surface area (Å²) in [5, 5.41) is 11.5. The van der Waals surface area contributed by atoms with Crippen LogP contribution in [-0.4, -0.2) is 36.6 Å². The molecular weight excluding hydrogens is 430 g/mol. The summed E-state index contributed by atoms with van der Waals surface area (Å²) in [6.07, 6.45) is 1.65. The van der Waals surface area contributed by atoms with Gasteiger partial charge in [-0.15, -0.1) is 0 Å². The average molecular weight is 456 g/mol. The number of carbonyl (C=O) groups is 2. The molecule has 0 aliphatic heterocycles. The van der Waals surface area contributed by atoms with Crippen molar-refractivity contribution in [3.8, 4) is 0 Å².